The molecular weight excluding hydrogens is 352 g/mol. The van der Waals surface area contributed by atoms with Gasteiger partial charge in [0.2, 0.25) is 11.8 Å². The second-order valence-electron chi connectivity index (χ2n) is 6.89. The van der Waals surface area contributed by atoms with Crippen LogP contribution in [0.4, 0.5) is 22.7 Å². The van der Waals surface area contributed by atoms with Gasteiger partial charge in [-0.15, -0.1) is 0 Å². The number of nitrogen functional groups attached to an aromatic ring is 1. The number of hydrogen-bond donors (Lipinski definition) is 4. The van der Waals surface area contributed by atoms with Crippen LogP contribution < -0.4 is 21.7 Å². The molecule has 0 saturated carbocycles. The molecule has 0 heterocycles. The molecule has 0 aliphatic rings. The van der Waals surface area contributed by atoms with Crippen molar-refractivity contribution in [2.45, 2.75) is 52.5 Å². The van der Waals surface area contributed by atoms with E-state index in [1.165, 1.54) is 6.92 Å². The normalized spacial score (nSPS) is 10.4. The van der Waals surface area contributed by atoms with E-state index in [1.807, 2.05) is 42.5 Å². The quantitative estimate of drug-likeness (QED) is 0.352. The molecule has 2 rings (SSSR count). The summed E-state index contributed by atoms with van der Waals surface area (Å²) >= 11 is 0. The molecule has 2 amide bonds. The van der Waals surface area contributed by atoms with Crippen molar-refractivity contribution < 1.29 is 9.59 Å². The first-order chi connectivity index (χ1) is 13.5. The molecule has 0 fully saturated rings. The van der Waals surface area contributed by atoms with Crippen LogP contribution in [0.3, 0.4) is 0 Å². The number of benzene rings is 2. The molecule has 2 aromatic carbocycles. The molecule has 150 valence electrons. The zero-order valence-corrected chi connectivity index (χ0v) is 16.7. The number of carbonyl (C=O) groups excluding carboxylic acids is 2. The Morgan fingerprint density at radius 1 is 0.929 bits per heavy atom. The molecule has 0 saturated heterocycles. The van der Waals surface area contributed by atoms with Gasteiger partial charge in [0.25, 0.3) is 0 Å². The minimum absolute atomic E-state index is 0.00257. The van der Waals surface area contributed by atoms with Crippen molar-refractivity contribution in [3.05, 3.63) is 48.0 Å². The second kappa shape index (κ2) is 11.0. The number of amides is 2. The summed E-state index contributed by atoms with van der Waals surface area (Å²) in [5.74, 6) is -0.0859. The molecule has 5 N–H and O–H groups in total. The Bertz CT molecular complexity index is 788. The Hall–Kier alpha value is -3.02. The Morgan fingerprint density at radius 2 is 1.64 bits per heavy atom. The van der Waals surface area contributed by atoms with Crippen LogP contribution in [-0.4, -0.2) is 11.8 Å². The van der Waals surface area contributed by atoms with Gasteiger partial charge in [-0.2, -0.15) is 0 Å². The van der Waals surface area contributed by atoms with Crippen molar-refractivity contribution in [2.75, 3.05) is 21.7 Å². The van der Waals surface area contributed by atoms with Crippen molar-refractivity contribution in [3.8, 4) is 0 Å². The Morgan fingerprint density at radius 3 is 2.29 bits per heavy atom. The largest absolute Gasteiger partial charge is 0.397 e. The van der Waals surface area contributed by atoms with Crippen molar-refractivity contribution in [1.82, 2.24) is 0 Å². The van der Waals surface area contributed by atoms with Gasteiger partial charge in [0.15, 0.2) is 0 Å². The Kier molecular flexibility index (Phi) is 8.34. The summed E-state index contributed by atoms with van der Waals surface area (Å²) in [5, 5.41) is 8.94. The first-order valence-corrected chi connectivity index (χ1v) is 9.77. The van der Waals surface area contributed by atoms with Crippen molar-refractivity contribution >= 4 is 34.6 Å². The van der Waals surface area contributed by atoms with E-state index in [2.05, 4.69) is 22.9 Å². The first kappa shape index (κ1) is 21.3. The fraction of sp³-hybridized carbons (Fsp3) is 0.364. The fourth-order valence-electron chi connectivity index (χ4n) is 2.82. The molecule has 6 nitrogen and oxygen atoms in total. The molecule has 0 radical (unpaired) electrons. The highest BCUT2D eigenvalue weighted by Crippen LogP contribution is 2.24. The number of unbranched alkanes of at least 4 members (excludes halogenated alkanes) is 3. The Labute approximate surface area is 166 Å². The van der Waals surface area contributed by atoms with Crippen LogP contribution in [0.1, 0.15) is 51.5 Å². The number of anilines is 4. The summed E-state index contributed by atoms with van der Waals surface area (Å²) in [6.07, 6.45) is 4.82. The molecule has 0 aliphatic heterocycles. The van der Waals surface area contributed by atoms with E-state index in [-0.39, 0.29) is 11.8 Å². The lowest BCUT2D eigenvalue weighted by molar-refractivity contribution is -0.116. The third-order valence-corrected chi connectivity index (χ3v) is 4.35. The third kappa shape index (κ3) is 7.31. The molecule has 0 aromatic heterocycles. The molecule has 0 atom stereocenters. The molecular formula is C22H30N4O2. The number of nitrogens with one attached hydrogen (secondary N) is 3. The van der Waals surface area contributed by atoms with E-state index in [0.717, 1.165) is 42.6 Å². The van der Waals surface area contributed by atoms with Gasteiger partial charge in [0.05, 0.1) is 11.4 Å². The summed E-state index contributed by atoms with van der Waals surface area (Å²) in [6, 6.07) is 13.2. The van der Waals surface area contributed by atoms with Crippen LogP contribution in [0.5, 0.6) is 0 Å². The topological polar surface area (TPSA) is 96.2 Å². The molecule has 6 heteroatoms. The van der Waals surface area contributed by atoms with Crippen LogP contribution >= 0.6 is 0 Å². The number of hydrogen-bond acceptors (Lipinski definition) is 4. The van der Waals surface area contributed by atoms with Gasteiger partial charge in [-0.1, -0.05) is 38.3 Å². The van der Waals surface area contributed by atoms with Crippen LogP contribution in [0.25, 0.3) is 0 Å². The SMILES string of the molecule is CCCCCCC(=O)Nc1ccc(NCc2ccc(NC(C)=O)cc2)cc1N. The minimum Gasteiger partial charge on any atom is -0.397 e. The van der Waals surface area contributed by atoms with E-state index in [9.17, 15) is 9.59 Å². The maximum Gasteiger partial charge on any atom is 0.224 e. The standard InChI is InChI=1S/C22H30N4O2/c1-3-4-5-6-7-22(28)26-21-13-12-19(14-20(21)23)24-15-17-8-10-18(11-9-17)25-16(2)27/h8-14,24H,3-7,15,23H2,1-2H3,(H,25,27)(H,26,28). The van der Waals surface area contributed by atoms with Gasteiger partial charge in [0, 0.05) is 31.3 Å². The lowest BCUT2D eigenvalue weighted by atomic mass is 10.1. The molecule has 0 spiro atoms. The maximum absolute atomic E-state index is 12.0. The van der Waals surface area contributed by atoms with Crippen LogP contribution in [-0.2, 0) is 16.1 Å². The maximum atomic E-state index is 12.0. The molecule has 0 bridgehead atoms. The summed E-state index contributed by atoms with van der Waals surface area (Å²) in [5.41, 5.74) is 10.00. The van der Waals surface area contributed by atoms with Gasteiger partial charge >= 0.3 is 0 Å². The van der Waals surface area contributed by atoms with E-state index < -0.39 is 0 Å². The summed E-state index contributed by atoms with van der Waals surface area (Å²) in [7, 11) is 0. The van der Waals surface area contributed by atoms with Gasteiger partial charge in [-0.25, -0.2) is 0 Å². The average molecular weight is 383 g/mol. The summed E-state index contributed by atoms with van der Waals surface area (Å²) < 4.78 is 0. The van der Waals surface area contributed by atoms with Gasteiger partial charge in [-0.05, 0) is 42.3 Å². The average Bonchev–Trinajstić information content (AvgIpc) is 2.66. The Balaban J connectivity index is 1.84. The highest BCUT2D eigenvalue weighted by molar-refractivity contribution is 5.94. The molecule has 0 unspecified atom stereocenters. The van der Waals surface area contributed by atoms with Gasteiger partial charge in [-0.3, -0.25) is 9.59 Å². The van der Waals surface area contributed by atoms with E-state index in [4.69, 9.17) is 5.73 Å². The van der Waals surface area contributed by atoms with Crippen LogP contribution in [0.2, 0.25) is 0 Å². The molecule has 28 heavy (non-hydrogen) atoms. The zero-order chi connectivity index (χ0) is 20.4. The van der Waals surface area contributed by atoms with Crippen molar-refractivity contribution in [1.29, 1.82) is 0 Å². The second-order valence-corrected chi connectivity index (χ2v) is 6.89. The van der Waals surface area contributed by atoms with Crippen molar-refractivity contribution in [3.63, 3.8) is 0 Å². The highest BCUT2D eigenvalue weighted by atomic mass is 16.2. The van der Waals surface area contributed by atoms with E-state index in [0.29, 0.717) is 24.3 Å². The van der Waals surface area contributed by atoms with Crippen LogP contribution in [0.15, 0.2) is 42.5 Å². The predicted octanol–water partition coefficient (Wildman–Crippen LogP) is 4.75. The van der Waals surface area contributed by atoms with Gasteiger partial charge < -0.3 is 21.7 Å². The number of nitrogens with two attached hydrogens (primary N) is 1. The smallest absolute Gasteiger partial charge is 0.224 e. The zero-order valence-electron chi connectivity index (χ0n) is 16.7. The number of carbonyl (C=O) groups is 2. The minimum atomic E-state index is -0.0884. The predicted molar refractivity (Wildman–Crippen MR) is 116 cm³/mol. The fourth-order valence-corrected chi connectivity index (χ4v) is 2.82. The first-order valence-electron chi connectivity index (χ1n) is 9.77. The van der Waals surface area contributed by atoms with Crippen LogP contribution in [0, 0.1) is 0 Å². The number of rotatable bonds is 10. The van der Waals surface area contributed by atoms with Crippen molar-refractivity contribution in [2.24, 2.45) is 0 Å². The lowest BCUT2D eigenvalue weighted by Crippen LogP contribution is -2.12. The highest BCUT2D eigenvalue weighted by Gasteiger charge is 2.06. The third-order valence-electron chi connectivity index (χ3n) is 4.35. The van der Waals surface area contributed by atoms with E-state index in [1.54, 1.807) is 0 Å². The monoisotopic (exact) mass is 382 g/mol. The molecule has 0 aliphatic carbocycles. The lowest BCUT2D eigenvalue weighted by Gasteiger charge is -2.12. The summed E-state index contributed by atoms with van der Waals surface area (Å²) in [4.78, 5) is 23.1. The van der Waals surface area contributed by atoms with E-state index >= 15 is 0 Å². The van der Waals surface area contributed by atoms with Gasteiger partial charge in [0.1, 0.15) is 0 Å². The molecule has 2 aromatic rings. The summed E-state index contributed by atoms with van der Waals surface area (Å²) in [6.45, 7) is 4.26.